The van der Waals surface area contributed by atoms with Crippen LogP contribution in [-0.2, 0) is 4.79 Å². The summed E-state index contributed by atoms with van der Waals surface area (Å²) in [5.41, 5.74) is 6.19. The van der Waals surface area contributed by atoms with Crippen LogP contribution in [0.15, 0.2) is 18.2 Å². The quantitative estimate of drug-likeness (QED) is 0.842. The number of nitrogens with one attached hydrogen (secondary N) is 1. The number of aryl methyl sites for hydroxylation is 1. The second-order valence-electron chi connectivity index (χ2n) is 5.06. The number of alkyl halides is 2. The van der Waals surface area contributed by atoms with Crippen molar-refractivity contribution < 1.29 is 9.59 Å². The summed E-state index contributed by atoms with van der Waals surface area (Å²) in [4.78, 5) is 23.2. The highest BCUT2D eigenvalue weighted by molar-refractivity contribution is 6.53. The Morgan fingerprint density at radius 1 is 1.37 bits per heavy atom. The van der Waals surface area contributed by atoms with Gasteiger partial charge in [0.2, 0.25) is 11.8 Å². The van der Waals surface area contributed by atoms with Crippen LogP contribution in [0.4, 0.5) is 5.69 Å². The summed E-state index contributed by atoms with van der Waals surface area (Å²) in [5.74, 6) is -0.733. The van der Waals surface area contributed by atoms with E-state index in [1.807, 2.05) is 0 Å². The number of primary amides is 1. The number of anilines is 1. The average molecular weight is 301 g/mol. The van der Waals surface area contributed by atoms with Gasteiger partial charge < -0.3 is 11.1 Å². The predicted molar refractivity (Wildman–Crippen MR) is 75.5 cm³/mol. The van der Waals surface area contributed by atoms with E-state index in [0.29, 0.717) is 17.7 Å². The molecular weight excluding hydrogens is 287 g/mol. The van der Waals surface area contributed by atoms with Crippen molar-refractivity contribution in [2.75, 3.05) is 5.32 Å². The van der Waals surface area contributed by atoms with Crippen molar-refractivity contribution in [3.63, 3.8) is 0 Å². The van der Waals surface area contributed by atoms with Crippen molar-refractivity contribution >= 4 is 40.7 Å². The van der Waals surface area contributed by atoms with Crippen LogP contribution in [0.5, 0.6) is 0 Å². The first-order valence-electron chi connectivity index (χ1n) is 5.77. The van der Waals surface area contributed by atoms with E-state index in [2.05, 4.69) is 5.32 Å². The van der Waals surface area contributed by atoms with E-state index >= 15 is 0 Å². The van der Waals surface area contributed by atoms with Crippen LogP contribution in [0.2, 0.25) is 0 Å². The van der Waals surface area contributed by atoms with Gasteiger partial charge in [-0.2, -0.15) is 0 Å². The van der Waals surface area contributed by atoms with Gasteiger partial charge in [0.05, 0.1) is 5.41 Å². The van der Waals surface area contributed by atoms with Gasteiger partial charge in [-0.1, -0.05) is 0 Å². The number of carbonyl (C=O) groups excluding carboxylic acids is 2. The molecule has 2 amide bonds. The maximum absolute atomic E-state index is 12.1. The fourth-order valence-corrected chi connectivity index (χ4v) is 2.57. The van der Waals surface area contributed by atoms with Crippen molar-refractivity contribution in [1.29, 1.82) is 0 Å². The van der Waals surface area contributed by atoms with Gasteiger partial charge in [-0.15, -0.1) is 23.2 Å². The predicted octanol–water partition coefficient (Wildman–Crippen LogP) is 2.62. The van der Waals surface area contributed by atoms with Crippen LogP contribution < -0.4 is 11.1 Å². The molecule has 102 valence electrons. The first-order valence-corrected chi connectivity index (χ1v) is 6.53. The lowest BCUT2D eigenvalue weighted by Crippen LogP contribution is -2.26. The molecule has 6 heteroatoms. The summed E-state index contributed by atoms with van der Waals surface area (Å²) >= 11 is 11.9. The third-order valence-electron chi connectivity index (χ3n) is 3.52. The largest absolute Gasteiger partial charge is 0.366 e. The Morgan fingerprint density at radius 2 is 1.95 bits per heavy atom. The van der Waals surface area contributed by atoms with E-state index in [4.69, 9.17) is 28.9 Å². The van der Waals surface area contributed by atoms with E-state index < -0.39 is 15.7 Å². The highest BCUT2D eigenvalue weighted by Crippen LogP contribution is 2.64. The molecule has 0 saturated heterocycles. The van der Waals surface area contributed by atoms with Crippen LogP contribution >= 0.6 is 23.2 Å². The Balaban J connectivity index is 2.17. The standard InChI is InChI=1S/C13H14Cl2N2O2/c1-7-5-8(10(16)18)3-4-9(7)17-11(19)12(2)6-13(12,14)15/h3-5H,6H2,1-2H3,(H2,16,18)(H,17,19). The number of carbonyl (C=O) groups is 2. The fourth-order valence-electron chi connectivity index (χ4n) is 1.86. The fraction of sp³-hybridized carbons (Fsp3) is 0.385. The minimum Gasteiger partial charge on any atom is -0.366 e. The van der Waals surface area contributed by atoms with Crippen LogP contribution in [-0.4, -0.2) is 16.1 Å². The molecule has 4 nitrogen and oxygen atoms in total. The molecule has 0 heterocycles. The lowest BCUT2D eigenvalue weighted by molar-refractivity contribution is -0.120. The molecule has 0 bridgehead atoms. The van der Waals surface area contributed by atoms with Crippen LogP contribution in [0.3, 0.4) is 0 Å². The zero-order valence-corrected chi connectivity index (χ0v) is 12.1. The molecule has 1 unspecified atom stereocenters. The molecule has 1 aromatic rings. The zero-order chi connectivity index (χ0) is 14.4. The second-order valence-corrected chi connectivity index (χ2v) is 6.55. The molecular formula is C13H14Cl2N2O2. The summed E-state index contributed by atoms with van der Waals surface area (Å²) in [6.07, 6.45) is 0.424. The van der Waals surface area contributed by atoms with E-state index in [9.17, 15) is 9.59 Å². The molecule has 0 radical (unpaired) electrons. The van der Waals surface area contributed by atoms with Gasteiger partial charge in [0.15, 0.2) is 0 Å². The molecule has 0 aliphatic heterocycles. The minimum atomic E-state index is -1.00. The molecule has 1 aliphatic carbocycles. The highest BCUT2D eigenvalue weighted by atomic mass is 35.5. The Morgan fingerprint density at radius 3 is 2.37 bits per heavy atom. The van der Waals surface area contributed by atoms with E-state index in [0.717, 1.165) is 5.56 Å². The van der Waals surface area contributed by atoms with Crippen LogP contribution in [0, 0.1) is 12.3 Å². The molecule has 1 aliphatic rings. The van der Waals surface area contributed by atoms with Gasteiger partial charge in [0.25, 0.3) is 0 Å². The average Bonchev–Trinajstić information content (AvgIpc) is 2.82. The molecule has 1 fully saturated rings. The van der Waals surface area contributed by atoms with Gasteiger partial charge >= 0.3 is 0 Å². The van der Waals surface area contributed by atoms with Gasteiger partial charge in [0, 0.05) is 11.3 Å². The number of hydrogen-bond acceptors (Lipinski definition) is 2. The molecule has 1 atom stereocenters. The van der Waals surface area contributed by atoms with Crippen molar-refractivity contribution in [2.24, 2.45) is 11.1 Å². The molecule has 0 spiro atoms. The Labute approximate surface area is 121 Å². The molecule has 1 aromatic carbocycles. The number of rotatable bonds is 3. The number of hydrogen-bond donors (Lipinski definition) is 2. The monoisotopic (exact) mass is 300 g/mol. The minimum absolute atomic E-state index is 0.229. The second kappa shape index (κ2) is 4.39. The first-order chi connectivity index (χ1) is 8.67. The molecule has 1 saturated carbocycles. The highest BCUT2D eigenvalue weighted by Gasteiger charge is 2.67. The van der Waals surface area contributed by atoms with E-state index in [1.165, 1.54) is 0 Å². The Bertz CT molecular complexity index is 572. The normalized spacial score (nSPS) is 23.8. The lowest BCUT2D eigenvalue weighted by atomic mass is 10.1. The lowest BCUT2D eigenvalue weighted by Gasteiger charge is -2.14. The SMILES string of the molecule is Cc1cc(C(N)=O)ccc1NC(=O)C1(C)CC1(Cl)Cl. The third-order valence-corrected chi connectivity index (χ3v) is 4.62. The van der Waals surface area contributed by atoms with E-state index in [1.54, 1.807) is 32.0 Å². The maximum atomic E-state index is 12.1. The summed E-state index contributed by atoms with van der Waals surface area (Å²) < 4.78 is -1.00. The van der Waals surface area contributed by atoms with Crippen molar-refractivity contribution in [1.82, 2.24) is 0 Å². The Hall–Kier alpha value is -1.26. The number of halogens is 2. The first kappa shape index (κ1) is 14.2. The summed E-state index contributed by atoms with van der Waals surface area (Å²) in [6.45, 7) is 3.50. The summed E-state index contributed by atoms with van der Waals surface area (Å²) in [5, 5.41) is 2.77. The van der Waals surface area contributed by atoms with Crippen molar-refractivity contribution in [2.45, 2.75) is 24.6 Å². The van der Waals surface area contributed by atoms with Crippen molar-refractivity contribution in [3.8, 4) is 0 Å². The molecule has 2 rings (SSSR count). The van der Waals surface area contributed by atoms with Crippen LogP contribution in [0.1, 0.15) is 29.3 Å². The number of nitrogens with two attached hydrogens (primary N) is 1. The molecule has 3 N–H and O–H groups in total. The number of benzene rings is 1. The van der Waals surface area contributed by atoms with Gasteiger partial charge in [0.1, 0.15) is 4.33 Å². The van der Waals surface area contributed by atoms with E-state index in [-0.39, 0.29) is 5.91 Å². The molecule has 19 heavy (non-hydrogen) atoms. The third kappa shape index (κ3) is 2.42. The van der Waals surface area contributed by atoms with Crippen LogP contribution in [0.25, 0.3) is 0 Å². The van der Waals surface area contributed by atoms with Crippen molar-refractivity contribution in [3.05, 3.63) is 29.3 Å². The zero-order valence-electron chi connectivity index (χ0n) is 10.6. The summed E-state index contributed by atoms with van der Waals surface area (Å²) in [7, 11) is 0. The molecule has 0 aromatic heterocycles. The topological polar surface area (TPSA) is 72.2 Å². The smallest absolute Gasteiger partial charge is 0.248 e. The summed E-state index contributed by atoms with van der Waals surface area (Å²) in [6, 6.07) is 4.83. The maximum Gasteiger partial charge on any atom is 0.248 e. The Kier molecular flexibility index (Phi) is 3.27. The van der Waals surface area contributed by atoms with Gasteiger partial charge in [-0.3, -0.25) is 9.59 Å². The van der Waals surface area contributed by atoms with Gasteiger partial charge in [-0.05, 0) is 44.0 Å². The number of amides is 2. The van der Waals surface area contributed by atoms with Gasteiger partial charge in [-0.25, -0.2) is 0 Å².